The van der Waals surface area contributed by atoms with Crippen LogP contribution in [-0.4, -0.2) is 0 Å². The van der Waals surface area contributed by atoms with Gasteiger partial charge in [-0.15, -0.1) is 0 Å². The van der Waals surface area contributed by atoms with E-state index in [1.807, 2.05) is 0 Å². The number of hydrogen-bond acceptors (Lipinski definition) is 0. The Kier molecular flexibility index (Phi) is 6.00. The Morgan fingerprint density at radius 1 is 0.167 bits per heavy atom. The van der Waals surface area contributed by atoms with Crippen molar-refractivity contribution in [1.82, 2.24) is 0 Å². The minimum Gasteiger partial charge on any atom is -0.0622 e. The second-order valence-corrected chi connectivity index (χ2v) is 9.05. The lowest BCUT2D eigenvalue weighted by atomic mass is 9.92. The van der Waals surface area contributed by atoms with E-state index in [9.17, 15) is 0 Å². The van der Waals surface area contributed by atoms with Gasteiger partial charge in [-0.05, 0) is 73.8 Å². The van der Waals surface area contributed by atoms with Gasteiger partial charge in [0.05, 0.1) is 0 Å². The summed E-state index contributed by atoms with van der Waals surface area (Å²) in [4.78, 5) is 0. The van der Waals surface area contributed by atoms with Crippen molar-refractivity contribution in [3.05, 3.63) is 158 Å². The van der Waals surface area contributed by atoms with Crippen LogP contribution in [0.4, 0.5) is 0 Å². The molecule has 0 N–H and O–H groups in total. The van der Waals surface area contributed by atoms with E-state index in [1.165, 1.54) is 55.6 Å². The Morgan fingerprint density at radius 2 is 0.361 bits per heavy atom. The van der Waals surface area contributed by atoms with Crippen LogP contribution in [0.5, 0.6) is 0 Å². The SMILES string of the molecule is c1ccc(-c2ccc(-c3ccc(-c4cc(-c5ccccc5)cc(-c5ccccc5)c4)cc3)cc2)cc1. The molecular weight excluding hydrogens is 432 g/mol. The lowest BCUT2D eigenvalue weighted by molar-refractivity contribution is 1.55. The van der Waals surface area contributed by atoms with E-state index in [2.05, 4.69) is 158 Å². The van der Waals surface area contributed by atoms with E-state index < -0.39 is 0 Å². The molecule has 0 spiro atoms. The molecule has 0 fully saturated rings. The summed E-state index contributed by atoms with van der Waals surface area (Å²) in [6, 6.07) is 56.4. The van der Waals surface area contributed by atoms with Gasteiger partial charge in [-0.1, -0.05) is 140 Å². The van der Waals surface area contributed by atoms with Crippen LogP contribution in [0.15, 0.2) is 158 Å². The molecule has 0 saturated heterocycles. The summed E-state index contributed by atoms with van der Waals surface area (Å²) in [6.45, 7) is 0. The van der Waals surface area contributed by atoms with Crippen molar-refractivity contribution in [1.29, 1.82) is 0 Å². The number of rotatable bonds is 5. The van der Waals surface area contributed by atoms with Crippen LogP contribution < -0.4 is 0 Å². The Hall–Kier alpha value is -4.68. The van der Waals surface area contributed by atoms with Gasteiger partial charge in [-0.2, -0.15) is 0 Å². The molecule has 0 heteroatoms. The monoisotopic (exact) mass is 458 g/mol. The van der Waals surface area contributed by atoms with Gasteiger partial charge < -0.3 is 0 Å². The van der Waals surface area contributed by atoms with Crippen LogP contribution in [0.25, 0.3) is 55.6 Å². The Morgan fingerprint density at radius 3 is 0.639 bits per heavy atom. The third-order valence-corrected chi connectivity index (χ3v) is 6.69. The van der Waals surface area contributed by atoms with Gasteiger partial charge in [0.2, 0.25) is 0 Å². The van der Waals surface area contributed by atoms with E-state index in [0.29, 0.717) is 0 Å². The molecule has 0 aliphatic heterocycles. The molecule has 6 aromatic carbocycles. The van der Waals surface area contributed by atoms with Crippen molar-refractivity contribution in [3.63, 3.8) is 0 Å². The number of benzene rings is 6. The topological polar surface area (TPSA) is 0 Å². The highest BCUT2D eigenvalue weighted by atomic mass is 14.1. The van der Waals surface area contributed by atoms with Crippen LogP contribution in [0.2, 0.25) is 0 Å². The number of hydrogen-bond donors (Lipinski definition) is 0. The zero-order valence-corrected chi connectivity index (χ0v) is 20.0. The summed E-state index contributed by atoms with van der Waals surface area (Å²) >= 11 is 0. The summed E-state index contributed by atoms with van der Waals surface area (Å²) in [5.74, 6) is 0. The zero-order valence-electron chi connectivity index (χ0n) is 20.0. The Bertz CT molecular complexity index is 1500. The maximum atomic E-state index is 2.30. The molecule has 0 bridgehead atoms. The third-order valence-electron chi connectivity index (χ3n) is 6.69. The van der Waals surface area contributed by atoms with Gasteiger partial charge in [-0.25, -0.2) is 0 Å². The van der Waals surface area contributed by atoms with Gasteiger partial charge in [0.1, 0.15) is 0 Å². The summed E-state index contributed by atoms with van der Waals surface area (Å²) in [5.41, 5.74) is 12.3. The molecule has 0 nitrogen and oxygen atoms in total. The molecule has 0 aliphatic carbocycles. The molecule has 36 heavy (non-hydrogen) atoms. The fourth-order valence-electron chi connectivity index (χ4n) is 4.73. The average Bonchev–Trinajstić information content (AvgIpc) is 2.98. The quantitative estimate of drug-likeness (QED) is 0.241. The molecule has 0 amide bonds. The second kappa shape index (κ2) is 9.90. The molecule has 0 heterocycles. The largest absolute Gasteiger partial charge is 0.0622 e. The van der Waals surface area contributed by atoms with Gasteiger partial charge in [0.25, 0.3) is 0 Å². The van der Waals surface area contributed by atoms with Crippen LogP contribution in [-0.2, 0) is 0 Å². The zero-order chi connectivity index (χ0) is 24.2. The van der Waals surface area contributed by atoms with Crippen LogP contribution in [0.3, 0.4) is 0 Å². The third kappa shape index (κ3) is 4.62. The van der Waals surface area contributed by atoms with Gasteiger partial charge in [0.15, 0.2) is 0 Å². The highest BCUT2D eigenvalue weighted by Gasteiger charge is 2.08. The van der Waals surface area contributed by atoms with E-state index in [0.717, 1.165) is 0 Å². The van der Waals surface area contributed by atoms with Crippen molar-refractivity contribution < 1.29 is 0 Å². The Balaban J connectivity index is 1.35. The first kappa shape index (κ1) is 21.8. The summed E-state index contributed by atoms with van der Waals surface area (Å²) in [5, 5.41) is 0. The highest BCUT2D eigenvalue weighted by molar-refractivity contribution is 5.82. The average molecular weight is 459 g/mol. The predicted molar refractivity (Wildman–Crippen MR) is 154 cm³/mol. The summed E-state index contributed by atoms with van der Waals surface area (Å²) < 4.78 is 0. The lowest BCUT2D eigenvalue weighted by Crippen LogP contribution is -1.86. The van der Waals surface area contributed by atoms with Crippen molar-refractivity contribution in [2.75, 3.05) is 0 Å². The first-order valence-electron chi connectivity index (χ1n) is 12.4. The fourth-order valence-corrected chi connectivity index (χ4v) is 4.73. The van der Waals surface area contributed by atoms with Gasteiger partial charge >= 0.3 is 0 Å². The van der Waals surface area contributed by atoms with Crippen molar-refractivity contribution in [2.45, 2.75) is 0 Å². The molecule has 6 aromatic rings. The van der Waals surface area contributed by atoms with Crippen molar-refractivity contribution >= 4 is 0 Å². The molecule has 170 valence electrons. The minimum atomic E-state index is 1.22. The summed E-state index contributed by atoms with van der Waals surface area (Å²) in [6.07, 6.45) is 0. The van der Waals surface area contributed by atoms with Crippen LogP contribution in [0, 0.1) is 0 Å². The molecule has 0 atom stereocenters. The smallest absolute Gasteiger partial charge is 0.0172 e. The first-order valence-corrected chi connectivity index (χ1v) is 12.4. The van der Waals surface area contributed by atoms with E-state index in [4.69, 9.17) is 0 Å². The first-order chi connectivity index (χ1) is 17.8. The maximum absolute atomic E-state index is 2.30. The second-order valence-electron chi connectivity index (χ2n) is 9.05. The highest BCUT2D eigenvalue weighted by Crippen LogP contribution is 2.34. The lowest BCUT2D eigenvalue weighted by Gasteiger charge is -2.12. The van der Waals surface area contributed by atoms with E-state index in [-0.39, 0.29) is 0 Å². The van der Waals surface area contributed by atoms with Gasteiger partial charge in [0, 0.05) is 0 Å². The van der Waals surface area contributed by atoms with E-state index >= 15 is 0 Å². The normalized spacial score (nSPS) is 10.8. The standard InChI is InChI=1S/C36H26/c1-4-10-27(11-5-1)30-16-18-31(19-17-30)32-20-22-33(23-21-32)36-25-34(28-12-6-2-7-13-28)24-35(26-36)29-14-8-3-9-15-29/h1-26H. The summed E-state index contributed by atoms with van der Waals surface area (Å²) in [7, 11) is 0. The van der Waals surface area contributed by atoms with Gasteiger partial charge in [-0.3, -0.25) is 0 Å². The molecule has 6 rings (SSSR count). The van der Waals surface area contributed by atoms with E-state index in [1.54, 1.807) is 0 Å². The predicted octanol–water partition coefficient (Wildman–Crippen LogP) is 10.0. The maximum Gasteiger partial charge on any atom is -0.0172 e. The molecule has 0 unspecified atom stereocenters. The molecular formula is C36H26. The Labute approximate surface area is 213 Å². The molecule has 0 aliphatic rings. The van der Waals surface area contributed by atoms with Crippen molar-refractivity contribution in [3.8, 4) is 55.6 Å². The molecule has 0 saturated carbocycles. The molecule has 0 aromatic heterocycles. The van der Waals surface area contributed by atoms with Crippen LogP contribution >= 0.6 is 0 Å². The van der Waals surface area contributed by atoms with Crippen LogP contribution in [0.1, 0.15) is 0 Å². The van der Waals surface area contributed by atoms with Crippen molar-refractivity contribution in [2.24, 2.45) is 0 Å². The fraction of sp³-hybridized carbons (Fsp3) is 0. The minimum absolute atomic E-state index is 1.22. The molecule has 0 radical (unpaired) electrons.